The number of rotatable bonds is 4. The molecule has 0 spiro atoms. The normalized spacial score (nSPS) is 38.7. The van der Waals surface area contributed by atoms with Crippen LogP contribution in [0.4, 0.5) is 8.78 Å². The molecule has 1 aromatic rings. The number of hydrogen-bond donors (Lipinski definition) is 2. The number of hydrogen-bond acceptors (Lipinski definition) is 4. The second-order valence-corrected chi connectivity index (χ2v) is 7.08. The van der Waals surface area contributed by atoms with Gasteiger partial charge in [-0.05, 0) is 37.5 Å². The first-order valence-electron chi connectivity index (χ1n) is 7.92. The average Bonchev–Trinajstić information content (AvgIpc) is 3.09. The van der Waals surface area contributed by atoms with Crippen LogP contribution in [0.3, 0.4) is 0 Å². The van der Waals surface area contributed by atoms with Crippen LogP contribution in [0.2, 0.25) is 0 Å². The van der Waals surface area contributed by atoms with E-state index in [2.05, 4.69) is 25.9 Å². The molecule has 0 aliphatic heterocycles. The zero-order valence-corrected chi connectivity index (χ0v) is 12.1. The lowest BCUT2D eigenvalue weighted by Crippen LogP contribution is -2.48. The summed E-state index contributed by atoms with van der Waals surface area (Å²) in [6, 6.07) is 0.170. The van der Waals surface area contributed by atoms with E-state index in [0.29, 0.717) is 24.6 Å². The van der Waals surface area contributed by atoms with Crippen LogP contribution >= 0.6 is 0 Å². The summed E-state index contributed by atoms with van der Waals surface area (Å²) in [5.74, 6) is -2.33. The Balaban J connectivity index is 1.24. The molecule has 4 rings (SSSR count). The predicted molar refractivity (Wildman–Crippen MR) is 71.8 cm³/mol. The highest BCUT2D eigenvalue weighted by Crippen LogP contribution is 2.56. The molecule has 3 atom stereocenters. The molecule has 3 saturated carbocycles. The number of aromatic nitrogens is 4. The summed E-state index contributed by atoms with van der Waals surface area (Å²) in [6.45, 7) is 0. The van der Waals surface area contributed by atoms with E-state index in [1.807, 2.05) is 0 Å². The first kappa shape index (κ1) is 14.0. The topological polar surface area (TPSA) is 83.6 Å². The summed E-state index contributed by atoms with van der Waals surface area (Å²) in [5, 5.41) is 16.8. The molecule has 0 unspecified atom stereocenters. The highest BCUT2D eigenvalue weighted by molar-refractivity contribution is 5.80. The number of halogens is 2. The maximum Gasteiger partial charge on any atom is 0.251 e. The van der Waals surface area contributed by atoms with Crippen molar-refractivity contribution >= 4 is 5.91 Å². The van der Waals surface area contributed by atoms with E-state index in [0.717, 1.165) is 19.3 Å². The Bertz CT molecular complexity index is 558. The Labute approximate surface area is 126 Å². The molecule has 2 bridgehead atoms. The lowest BCUT2D eigenvalue weighted by Gasteiger charge is -2.37. The van der Waals surface area contributed by atoms with Gasteiger partial charge >= 0.3 is 0 Å². The van der Waals surface area contributed by atoms with Gasteiger partial charge < -0.3 is 5.32 Å². The van der Waals surface area contributed by atoms with E-state index < -0.39 is 11.8 Å². The molecule has 0 radical (unpaired) electrons. The van der Waals surface area contributed by atoms with Gasteiger partial charge in [0.1, 0.15) is 0 Å². The zero-order valence-electron chi connectivity index (χ0n) is 12.1. The Kier molecular flexibility index (Phi) is 3.16. The number of tetrazole rings is 1. The molecule has 22 heavy (non-hydrogen) atoms. The molecule has 2 N–H and O–H groups in total. The number of aromatic amines is 1. The maximum atomic E-state index is 13.5. The molecule has 1 aromatic heterocycles. The molecular weight excluding hydrogens is 292 g/mol. The van der Waals surface area contributed by atoms with E-state index in [1.54, 1.807) is 0 Å². The van der Waals surface area contributed by atoms with Crippen molar-refractivity contribution in [2.75, 3.05) is 0 Å². The van der Waals surface area contributed by atoms with Gasteiger partial charge in [0.15, 0.2) is 5.82 Å². The van der Waals surface area contributed by atoms with Crippen LogP contribution in [-0.2, 0) is 11.2 Å². The number of nitrogens with zero attached hydrogens (tertiary/aromatic N) is 3. The summed E-state index contributed by atoms with van der Waals surface area (Å²) < 4.78 is 27.0. The fraction of sp³-hybridized carbons (Fsp3) is 0.857. The lowest BCUT2D eigenvalue weighted by molar-refractivity contribution is -0.131. The van der Waals surface area contributed by atoms with Crippen molar-refractivity contribution < 1.29 is 13.6 Å². The fourth-order valence-corrected chi connectivity index (χ4v) is 4.39. The van der Waals surface area contributed by atoms with Crippen molar-refractivity contribution in [2.45, 2.75) is 50.5 Å². The van der Waals surface area contributed by atoms with Crippen LogP contribution < -0.4 is 5.32 Å². The summed E-state index contributed by atoms with van der Waals surface area (Å²) in [6.07, 6.45) is 3.32. The third kappa shape index (κ3) is 2.38. The van der Waals surface area contributed by atoms with E-state index >= 15 is 0 Å². The van der Waals surface area contributed by atoms with Gasteiger partial charge in [0.2, 0.25) is 5.91 Å². The largest absolute Gasteiger partial charge is 0.353 e. The Hall–Kier alpha value is -1.60. The third-order valence-electron chi connectivity index (χ3n) is 5.61. The van der Waals surface area contributed by atoms with Gasteiger partial charge in [-0.3, -0.25) is 4.79 Å². The van der Waals surface area contributed by atoms with Crippen LogP contribution in [0.1, 0.15) is 37.9 Å². The number of nitrogens with one attached hydrogen (secondary N) is 2. The van der Waals surface area contributed by atoms with Gasteiger partial charge in [0.25, 0.3) is 5.92 Å². The van der Waals surface area contributed by atoms with Crippen LogP contribution in [0.25, 0.3) is 0 Å². The summed E-state index contributed by atoms with van der Waals surface area (Å²) >= 11 is 0. The molecule has 0 aromatic carbocycles. The first-order chi connectivity index (χ1) is 10.5. The second-order valence-electron chi connectivity index (χ2n) is 7.08. The van der Waals surface area contributed by atoms with Crippen molar-refractivity contribution in [3.63, 3.8) is 0 Å². The van der Waals surface area contributed by atoms with Crippen molar-refractivity contribution in [1.82, 2.24) is 25.9 Å². The minimum atomic E-state index is -2.55. The summed E-state index contributed by atoms with van der Waals surface area (Å²) in [7, 11) is 0. The first-order valence-corrected chi connectivity index (χ1v) is 7.92. The molecule has 3 aliphatic rings. The highest BCUT2D eigenvalue weighted by Gasteiger charge is 2.58. The van der Waals surface area contributed by atoms with Gasteiger partial charge in [0.05, 0.1) is 0 Å². The fourth-order valence-electron chi connectivity index (χ4n) is 4.39. The van der Waals surface area contributed by atoms with Crippen LogP contribution in [0.15, 0.2) is 0 Å². The van der Waals surface area contributed by atoms with E-state index in [1.165, 1.54) is 0 Å². The minimum Gasteiger partial charge on any atom is -0.353 e. The molecule has 8 heteroatoms. The number of carbonyl (C=O) groups excluding carboxylic acids is 1. The molecule has 6 nitrogen and oxygen atoms in total. The Morgan fingerprint density at radius 1 is 1.32 bits per heavy atom. The second kappa shape index (κ2) is 4.96. The van der Waals surface area contributed by atoms with Gasteiger partial charge in [-0.25, -0.2) is 8.78 Å². The van der Waals surface area contributed by atoms with Crippen molar-refractivity contribution in [2.24, 2.45) is 23.7 Å². The third-order valence-corrected chi connectivity index (χ3v) is 5.61. The molecular formula is C14H19F2N5O. The number of fused-ring (bicyclic) bond motifs is 2. The SMILES string of the molecule is O=C(NC1CC(Cc2nn[nH]n2)C1)[C@H]1C[C@@H]2C[C@H]1CC2(F)F. The minimum absolute atomic E-state index is 0.0222. The molecule has 1 heterocycles. The van der Waals surface area contributed by atoms with Gasteiger partial charge in [-0.2, -0.15) is 5.21 Å². The maximum absolute atomic E-state index is 13.5. The lowest BCUT2D eigenvalue weighted by atomic mass is 9.77. The Morgan fingerprint density at radius 3 is 2.73 bits per heavy atom. The number of amides is 1. The Morgan fingerprint density at radius 2 is 2.14 bits per heavy atom. The molecule has 3 fully saturated rings. The van der Waals surface area contributed by atoms with Gasteiger partial charge in [-0.1, -0.05) is 5.21 Å². The van der Waals surface area contributed by atoms with E-state index in [-0.39, 0.29) is 30.2 Å². The standard InChI is InChI=1S/C14H19F2N5O/c15-14(16)6-8-4-9(14)5-11(8)13(22)17-10-1-7(2-10)3-12-18-20-21-19-12/h7-11H,1-6H2,(H,17,22)(H,18,19,20,21)/t7?,8-,9-,10?,11-/m0/s1. The number of alkyl halides is 2. The predicted octanol–water partition coefficient (Wildman–Crippen LogP) is 1.32. The smallest absolute Gasteiger partial charge is 0.251 e. The quantitative estimate of drug-likeness (QED) is 0.878. The van der Waals surface area contributed by atoms with Crippen LogP contribution in [0.5, 0.6) is 0 Å². The number of carbonyl (C=O) groups is 1. The molecule has 1 amide bonds. The molecule has 3 aliphatic carbocycles. The monoisotopic (exact) mass is 311 g/mol. The highest BCUT2D eigenvalue weighted by atomic mass is 19.3. The van der Waals surface area contributed by atoms with Gasteiger partial charge in [0, 0.05) is 30.7 Å². The van der Waals surface area contributed by atoms with Crippen molar-refractivity contribution in [3.05, 3.63) is 5.82 Å². The van der Waals surface area contributed by atoms with Crippen LogP contribution in [0, 0.1) is 23.7 Å². The van der Waals surface area contributed by atoms with E-state index in [4.69, 9.17) is 0 Å². The van der Waals surface area contributed by atoms with Crippen molar-refractivity contribution in [1.29, 1.82) is 0 Å². The van der Waals surface area contributed by atoms with Crippen LogP contribution in [-0.4, -0.2) is 38.5 Å². The molecule has 0 saturated heterocycles. The zero-order chi connectivity index (χ0) is 15.3. The van der Waals surface area contributed by atoms with E-state index in [9.17, 15) is 13.6 Å². The number of H-pyrrole nitrogens is 1. The summed E-state index contributed by atoms with van der Waals surface area (Å²) in [5.41, 5.74) is 0. The van der Waals surface area contributed by atoms with Gasteiger partial charge in [-0.15, -0.1) is 10.2 Å². The average molecular weight is 311 g/mol. The molecule has 120 valence electrons. The summed E-state index contributed by atoms with van der Waals surface area (Å²) in [4.78, 5) is 12.3. The van der Waals surface area contributed by atoms with Crippen molar-refractivity contribution in [3.8, 4) is 0 Å².